The van der Waals surface area contributed by atoms with Crippen LogP contribution < -0.4 is 15.4 Å². The standard InChI is InChI=1S/C24H20N6O5/c1-34-19-12-8-17(9-13-19)26-23(32)20-4-2-3-5-21(20)27-22(31)14-35-24(33)16-6-10-18(11-7-16)30-15-25-28-29-30/h2-13,15H,14H2,1H3,(H,26,32)(H,27,31). The Morgan fingerprint density at radius 2 is 1.66 bits per heavy atom. The number of esters is 1. The largest absolute Gasteiger partial charge is 0.497 e. The summed E-state index contributed by atoms with van der Waals surface area (Å²) in [7, 11) is 1.55. The van der Waals surface area contributed by atoms with Crippen molar-refractivity contribution in [3.05, 3.63) is 90.3 Å². The predicted octanol–water partition coefficient (Wildman–Crippen LogP) is 2.72. The van der Waals surface area contributed by atoms with E-state index >= 15 is 0 Å². The molecule has 2 amide bonds. The Balaban J connectivity index is 1.34. The van der Waals surface area contributed by atoms with Gasteiger partial charge < -0.3 is 20.1 Å². The number of nitrogens with one attached hydrogen (secondary N) is 2. The molecule has 0 aliphatic heterocycles. The summed E-state index contributed by atoms with van der Waals surface area (Å²) in [6.07, 6.45) is 1.42. The van der Waals surface area contributed by atoms with Gasteiger partial charge in [-0.25, -0.2) is 9.48 Å². The predicted molar refractivity (Wildman–Crippen MR) is 125 cm³/mol. The summed E-state index contributed by atoms with van der Waals surface area (Å²) in [5, 5.41) is 16.2. The zero-order valence-corrected chi connectivity index (χ0v) is 18.5. The number of ether oxygens (including phenoxy) is 2. The number of anilines is 2. The number of carbonyl (C=O) groups is 3. The molecule has 0 saturated heterocycles. The Morgan fingerprint density at radius 3 is 2.34 bits per heavy atom. The Hall–Kier alpha value is -5.06. The van der Waals surface area contributed by atoms with Gasteiger partial charge in [0.1, 0.15) is 12.1 Å². The van der Waals surface area contributed by atoms with Crippen molar-refractivity contribution in [2.24, 2.45) is 0 Å². The van der Waals surface area contributed by atoms with Crippen LogP contribution in [0.5, 0.6) is 5.75 Å². The monoisotopic (exact) mass is 472 g/mol. The Kier molecular flexibility index (Phi) is 7.07. The van der Waals surface area contributed by atoms with Crippen LogP contribution in [0.2, 0.25) is 0 Å². The first-order valence-electron chi connectivity index (χ1n) is 10.4. The number of aromatic nitrogens is 4. The number of methoxy groups -OCH3 is 1. The van der Waals surface area contributed by atoms with Gasteiger partial charge in [-0.15, -0.1) is 5.10 Å². The third-order valence-corrected chi connectivity index (χ3v) is 4.84. The van der Waals surface area contributed by atoms with Crippen LogP contribution in [0.1, 0.15) is 20.7 Å². The Morgan fingerprint density at radius 1 is 0.914 bits per heavy atom. The number of hydrogen-bond acceptors (Lipinski definition) is 8. The average Bonchev–Trinajstić information content (AvgIpc) is 3.43. The van der Waals surface area contributed by atoms with Gasteiger partial charge in [-0.2, -0.15) is 0 Å². The summed E-state index contributed by atoms with van der Waals surface area (Å²) in [4.78, 5) is 37.4. The maximum absolute atomic E-state index is 12.7. The molecule has 11 nitrogen and oxygen atoms in total. The van der Waals surface area contributed by atoms with Crippen molar-refractivity contribution >= 4 is 29.2 Å². The number of tetrazole rings is 1. The SMILES string of the molecule is COc1ccc(NC(=O)c2ccccc2NC(=O)COC(=O)c2ccc(-n3cnnn3)cc2)cc1. The van der Waals surface area contributed by atoms with E-state index in [1.807, 2.05) is 0 Å². The van der Waals surface area contributed by atoms with E-state index in [1.165, 1.54) is 23.1 Å². The van der Waals surface area contributed by atoms with Crippen LogP contribution in [0.4, 0.5) is 11.4 Å². The Bertz CT molecular complexity index is 1320. The zero-order valence-electron chi connectivity index (χ0n) is 18.5. The molecule has 0 fully saturated rings. The van der Waals surface area contributed by atoms with Gasteiger partial charge in [-0.3, -0.25) is 9.59 Å². The molecule has 0 atom stereocenters. The van der Waals surface area contributed by atoms with Crippen LogP contribution in [0.15, 0.2) is 79.1 Å². The van der Waals surface area contributed by atoms with E-state index in [2.05, 4.69) is 26.2 Å². The van der Waals surface area contributed by atoms with Gasteiger partial charge in [-0.1, -0.05) is 12.1 Å². The van der Waals surface area contributed by atoms with Gasteiger partial charge in [0.15, 0.2) is 6.61 Å². The fourth-order valence-corrected chi connectivity index (χ4v) is 3.09. The topological polar surface area (TPSA) is 137 Å². The van der Waals surface area contributed by atoms with Crippen LogP contribution in [0, 0.1) is 0 Å². The smallest absolute Gasteiger partial charge is 0.338 e. The number of hydrogen-bond donors (Lipinski definition) is 2. The molecule has 0 radical (unpaired) electrons. The summed E-state index contributed by atoms with van der Waals surface area (Å²) < 4.78 is 11.6. The second-order valence-electron chi connectivity index (χ2n) is 7.15. The highest BCUT2D eigenvalue weighted by Crippen LogP contribution is 2.19. The molecule has 2 N–H and O–H groups in total. The minimum Gasteiger partial charge on any atom is -0.497 e. The molecule has 0 spiro atoms. The first-order chi connectivity index (χ1) is 17.0. The second kappa shape index (κ2) is 10.7. The van der Waals surface area contributed by atoms with Crippen molar-refractivity contribution in [2.45, 2.75) is 0 Å². The molecule has 0 unspecified atom stereocenters. The maximum Gasteiger partial charge on any atom is 0.338 e. The summed E-state index contributed by atoms with van der Waals surface area (Å²) in [5.74, 6) is -1.01. The van der Waals surface area contributed by atoms with E-state index in [9.17, 15) is 14.4 Å². The number of rotatable bonds is 8. The number of amides is 2. The normalized spacial score (nSPS) is 10.3. The molecular weight excluding hydrogens is 452 g/mol. The molecule has 4 aromatic rings. The van der Waals surface area contributed by atoms with Crippen LogP contribution in [-0.2, 0) is 9.53 Å². The molecule has 1 aromatic heterocycles. The molecule has 3 aromatic carbocycles. The molecule has 0 saturated carbocycles. The molecule has 176 valence electrons. The summed E-state index contributed by atoms with van der Waals surface area (Å²) in [6, 6.07) is 19.7. The van der Waals surface area contributed by atoms with E-state index in [0.717, 1.165) is 0 Å². The quantitative estimate of drug-likeness (QED) is 0.374. The van der Waals surface area contributed by atoms with Crippen LogP contribution >= 0.6 is 0 Å². The lowest BCUT2D eigenvalue weighted by molar-refractivity contribution is -0.119. The molecule has 1 heterocycles. The number of carbonyl (C=O) groups excluding carboxylic acids is 3. The fourth-order valence-electron chi connectivity index (χ4n) is 3.09. The summed E-state index contributed by atoms with van der Waals surface area (Å²) in [5.41, 5.74) is 2.02. The van der Waals surface area contributed by atoms with E-state index in [4.69, 9.17) is 9.47 Å². The second-order valence-corrected chi connectivity index (χ2v) is 7.15. The molecule has 0 bridgehead atoms. The van der Waals surface area contributed by atoms with Gasteiger partial charge in [-0.05, 0) is 71.1 Å². The minimum atomic E-state index is -0.672. The van der Waals surface area contributed by atoms with Crippen molar-refractivity contribution in [2.75, 3.05) is 24.4 Å². The lowest BCUT2D eigenvalue weighted by Crippen LogP contribution is -2.23. The minimum absolute atomic E-state index is 0.251. The Labute approximate surface area is 199 Å². The molecule has 11 heteroatoms. The lowest BCUT2D eigenvalue weighted by atomic mass is 10.1. The molecule has 0 aliphatic carbocycles. The molecule has 35 heavy (non-hydrogen) atoms. The highest BCUT2D eigenvalue weighted by Gasteiger charge is 2.15. The summed E-state index contributed by atoms with van der Waals surface area (Å²) in [6.45, 7) is -0.526. The van der Waals surface area contributed by atoms with Crippen molar-refractivity contribution in [3.63, 3.8) is 0 Å². The van der Waals surface area contributed by atoms with Crippen LogP contribution in [0.25, 0.3) is 5.69 Å². The lowest BCUT2D eigenvalue weighted by Gasteiger charge is -2.12. The maximum atomic E-state index is 12.7. The van der Waals surface area contributed by atoms with Gasteiger partial charge in [0.25, 0.3) is 11.8 Å². The third-order valence-electron chi connectivity index (χ3n) is 4.84. The molecule has 0 aliphatic rings. The van der Waals surface area contributed by atoms with Gasteiger partial charge in [0, 0.05) is 5.69 Å². The van der Waals surface area contributed by atoms with Gasteiger partial charge >= 0.3 is 5.97 Å². The number of benzene rings is 3. The van der Waals surface area contributed by atoms with Crippen molar-refractivity contribution in [3.8, 4) is 11.4 Å². The summed E-state index contributed by atoms with van der Waals surface area (Å²) >= 11 is 0. The van der Waals surface area contributed by atoms with Crippen molar-refractivity contribution in [1.29, 1.82) is 0 Å². The van der Waals surface area contributed by atoms with Crippen molar-refractivity contribution in [1.82, 2.24) is 20.2 Å². The zero-order chi connectivity index (χ0) is 24.6. The molecular formula is C24H20N6O5. The first kappa shape index (κ1) is 23.1. The van der Waals surface area contributed by atoms with Gasteiger partial charge in [0.2, 0.25) is 0 Å². The first-order valence-corrected chi connectivity index (χ1v) is 10.4. The van der Waals surface area contributed by atoms with E-state index < -0.39 is 24.4 Å². The van der Waals surface area contributed by atoms with Crippen LogP contribution in [0.3, 0.4) is 0 Å². The fraction of sp³-hybridized carbons (Fsp3) is 0.0833. The number of nitrogens with zero attached hydrogens (tertiary/aromatic N) is 4. The van der Waals surface area contributed by atoms with E-state index in [1.54, 1.807) is 67.8 Å². The highest BCUT2D eigenvalue weighted by atomic mass is 16.5. The van der Waals surface area contributed by atoms with E-state index in [-0.39, 0.29) is 16.8 Å². The third kappa shape index (κ3) is 5.85. The highest BCUT2D eigenvalue weighted by molar-refractivity contribution is 6.10. The van der Waals surface area contributed by atoms with E-state index in [0.29, 0.717) is 17.1 Å². The van der Waals surface area contributed by atoms with Crippen LogP contribution in [-0.4, -0.2) is 51.7 Å². The van der Waals surface area contributed by atoms with Gasteiger partial charge in [0.05, 0.1) is 29.6 Å². The van der Waals surface area contributed by atoms with Crippen molar-refractivity contribution < 1.29 is 23.9 Å². The number of para-hydroxylation sites is 1. The molecule has 4 rings (SSSR count). The average molecular weight is 472 g/mol.